The van der Waals surface area contributed by atoms with Crippen molar-refractivity contribution in [3.63, 3.8) is 0 Å². The molecule has 1 aromatic rings. The minimum atomic E-state index is -1.06. The molecule has 1 amide bonds. The molecule has 0 aromatic carbocycles. The van der Waals surface area contributed by atoms with Crippen molar-refractivity contribution >= 4 is 11.9 Å². The van der Waals surface area contributed by atoms with Crippen LogP contribution in [0.25, 0.3) is 0 Å². The molecule has 20 heavy (non-hydrogen) atoms. The third kappa shape index (κ3) is 4.03. The van der Waals surface area contributed by atoms with Crippen molar-refractivity contribution in [2.45, 2.75) is 26.7 Å². The van der Waals surface area contributed by atoms with Crippen molar-refractivity contribution in [1.82, 2.24) is 9.88 Å². The van der Waals surface area contributed by atoms with E-state index in [9.17, 15) is 9.59 Å². The summed E-state index contributed by atoms with van der Waals surface area (Å²) < 4.78 is 0. The molecule has 0 saturated heterocycles. The van der Waals surface area contributed by atoms with E-state index < -0.39 is 5.97 Å². The van der Waals surface area contributed by atoms with Gasteiger partial charge in [0.15, 0.2) is 0 Å². The lowest BCUT2D eigenvalue weighted by molar-refractivity contribution is 0.0687. The number of aryl methyl sites for hydroxylation is 1. The van der Waals surface area contributed by atoms with Crippen LogP contribution in [0.5, 0.6) is 0 Å². The van der Waals surface area contributed by atoms with Crippen LogP contribution in [-0.2, 0) is 0 Å². The average molecular weight is 280 g/mol. The van der Waals surface area contributed by atoms with Crippen molar-refractivity contribution in [3.8, 4) is 0 Å². The number of hydrogen-bond acceptors (Lipinski definition) is 4. The summed E-state index contributed by atoms with van der Waals surface area (Å²) in [6.07, 6.45) is 1.79. The monoisotopic (exact) mass is 280 g/mol. The predicted molar refractivity (Wildman–Crippen MR) is 73.8 cm³/mol. The van der Waals surface area contributed by atoms with Crippen LogP contribution in [0.3, 0.4) is 0 Å². The van der Waals surface area contributed by atoms with E-state index in [1.54, 1.807) is 6.92 Å². The number of aliphatic hydroxyl groups is 1. The maximum atomic E-state index is 12.3. The summed E-state index contributed by atoms with van der Waals surface area (Å²) in [6.45, 7) is 4.27. The fourth-order valence-electron chi connectivity index (χ4n) is 1.85. The van der Waals surface area contributed by atoms with Crippen LogP contribution in [0.1, 0.15) is 46.3 Å². The minimum absolute atomic E-state index is 0.0869. The van der Waals surface area contributed by atoms with E-state index in [4.69, 9.17) is 10.2 Å². The number of aromatic carboxylic acids is 1. The van der Waals surface area contributed by atoms with Crippen LogP contribution >= 0.6 is 0 Å². The SMILES string of the molecule is CCCCN(CCO)C(=O)c1ccc(C(=O)O)c(C)n1. The number of hydrogen-bond donors (Lipinski definition) is 2. The van der Waals surface area contributed by atoms with Crippen molar-refractivity contribution < 1.29 is 19.8 Å². The molecular formula is C14H20N2O4. The van der Waals surface area contributed by atoms with Crippen molar-refractivity contribution in [2.24, 2.45) is 0 Å². The lowest BCUT2D eigenvalue weighted by Gasteiger charge is -2.21. The zero-order valence-electron chi connectivity index (χ0n) is 11.8. The second kappa shape index (κ2) is 7.59. The Morgan fingerprint density at radius 1 is 1.30 bits per heavy atom. The van der Waals surface area contributed by atoms with Gasteiger partial charge in [-0.25, -0.2) is 9.78 Å². The Morgan fingerprint density at radius 2 is 2.00 bits per heavy atom. The highest BCUT2D eigenvalue weighted by Gasteiger charge is 2.18. The normalized spacial score (nSPS) is 10.3. The first kappa shape index (κ1) is 16.1. The van der Waals surface area contributed by atoms with E-state index in [0.717, 1.165) is 12.8 Å². The smallest absolute Gasteiger partial charge is 0.337 e. The van der Waals surface area contributed by atoms with Gasteiger partial charge in [-0.3, -0.25) is 4.79 Å². The Bertz CT molecular complexity index is 488. The molecule has 6 nitrogen and oxygen atoms in total. The van der Waals surface area contributed by atoms with Gasteiger partial charge in [-0.2, -0.15) is 0 Å². The molecule has 0 atom stereocenters. The summed E-state index contributed by atoms with van der Waals surface area (Å²) in [4.78, 5) is 28.8. The number of carbonyl (C=O) groups is 2. The largest absolute Gasteiger partial charge is 0.478 e. The zero-order chi connectivity index (χ0) is 15.1. The summed E-state index contributed by atoms with van der Waals surface area (Å²) in [6, 6.07) is 2.80. The summed E-state index contributed by atoms with van der Waals surface area (Å²) in [5.74, 6) is -1.35. The van der Waals surface area contributed by atoms with Crippen molar-refractivity contribution in [2.75, 3.05) is 19.7 Å². The second-order valence-corrected chi connectivity index (χ2v) is 4.50. The lowest BCUT2D eigenvalue weighted by Crippen LogP contribution is -2.35. The van der Waals surface area contributed by atoms with E-state index in [2.05, 4.69) is 4.98 Å². The Hall–Kier alpha value is -1.95. The number of unbranched alkanes of at least 4 members (excludes halogenated alkanes) is 1. The highest BCUT2D eigenvalue weighted by Crippen LogP contribution is 2.10. The fraction of sp³-hybridized carbons (Fsp3) is 0.500. The third-order valence-corrected chi connectivity index (χ3v) is 2.97. The Morgan fingerprint density at radius 3 is 2.50 bits per heavy atom. The van der Waals surface area contributed by atoms with E-state index in [1.165, 1.54) is 17.0 Å². The molecule has 1 rings (SSSR count). The number of amides is 1. The molecule has 0 bridgehead atoms. The van der Waals surface area contributed by atoms with Gasteiger partial charge in [-0.1, -0.05) is 13.3 Å². The van der Waals surface area contributed by atoms with Gasteiger partial charge < -0.3 is 15.1 Å². The fourth-order valence-corrected chi connectivity index (χ4v) is 1.85. The van der Waals surface area contributed by atoms with Crippen LogP contribution in [-0.4, -0.2) is 51.7 Å². The minimum Gasteiger partial charge on any atom is -0.478 e. The third-order valence-electron chi connectivity index (χ3n) is 2.97. The number of pyridine rings is 1. The molecule has 0 radical (unpaired) electrons. The van der Waals surface area contributed by atoms with Crippen molar-refractivity contribution in [1.29, 1.82) is 0 Å². The predicted octanol–water partition coefficient (Wildman–Crippen LogP) is 1.32. The number of carboxylic acids is 1. The number of aromatic nitrogens is 1. The Balaban J connectivity index is 2.94. The first-order valence-corrected chi connectivity index (χ1v) is 6.62. The summed E-state index contributed by atoms with van der Waals surface area (Å²) in [5.41, 5.74) is 0.601. The van der Waals surface area contributed by atoms with Crippen LogP contribution in [0.4, 0.5) is 0 Å². The number of rotatable bonds is 7. The molecule has 0 aliphatic carbocycles. The number of carboxylic acid groups (broad SMARTS) is 1. The average Bonchev–Trinajstić information content (AvgIpc) is 2.42. The van der Waals surface area contributed by atoms with Gasteiger partial charge in [0.05, 0.1) is 17.9 Å². The maximum Gasteiger partial charge on any atom is 0.337 e. The molecule has 0 fully saturated rings. The van der Waals surface area contributed by atoms with Crippen LogP contribution in [0.15, 0.2) is 12.1 Å². The van der Waals surface area contributed by atoms with Crippen molar-refractivity contribution in [3.05, 3.63) is 29.1 Å². The molecule has 1 heterocycles. The molecule has 0 aliphatic rings. The quantitative estimate of drug-likeness (QED) is 0.786. The highest BCUT2D eigenvalue weighted by molar-refractivity contribution is 5.94. The highest BCUT2D eigenvalue weighted by atomic mass is 16.4. The molecule has 0 spiro atoms. The standard InChI is InChI=1S/C14H20N2O4/c1-3-4-7-16(8-9-17)13(18)12-6-5-11(14(19)20)10(2)15-12/h5-6,17H,3-4,7-9H2,1-2H3,(H,19,20). The molecule has 0 saturated carbocycles. The van der Waals surface area contributed by atoms with Gasteiger partial charge in [-0.15, -0.1) is 0 Å². The van der Waals surface area contributed by atoms with Gasteiger partial charge in [0.1, 0.15) is 5.69 Å². The summed E-state index contributed by atoms with van der Waals surface area (Å²) in [7, 11) is 0. The lowest BCUT2D eigenvalue weighted by atomic mass is 10.1. The molecule has 0 unspecified atom stereocenters. The van der Waals surface area contributed by atoms with Crippen LogP contribution < -0.4 is 0 Å². The van der Waals surface area contributed by atoms with E-state index >= 15 is 0 Å². The molecule has 2 N–H and O–H groups in total. The van der Waals surface area contributed by atoms with Gasteiger partial charge in [0, 0.05) is 13.1 Å². The second-order valence-electron chi connectivity index (χ2n) is 4.50. The summed E-state index contributed by atoms with van der Waals surface area (Å²) in [5, 5.41) is 17.9. The van der Waals surface area contributed by atoms with Crippen LogP contribution in [0, 0.1) is 6.92 Å². The molecule has 0 aliphatic heterocycles. The van der Waals surface area contributed by atoms with E-state index in [-0.39, 0.29) is 30.3 Å². The van der Waals surface area contributed by atoms with Gasteiger partial charge in [0.2, 0.25) is 0 Å². The first-order valence-electron chi connectivity index (χ1n) is 6.62. The van der Waals surface area contributed by atoms with Gasteiger partial charge in [0.25, 0.3) is 5.91 Å². The zero-order valence-corrected chi connectivity index (χ0v) is 11.8. The summed E-state index contributed by atoms with van der Waals surface area (Å²) >= 11 is 0. The Kier molecular flexibility index (Phi) is 6.11. The van der Waals surface area contributed by atoms with Crippen LogP contribution in [0.2, 0.25) is 0 Å². The number of nitrogens with zero attached hydrogens (tertiary/aromatic N) is 2. The number of carbonyl (C=O) groups excluding carboxylic acids is 1. The molecule has 1 aromatic heterocycles. The topological polar surface area (TPSA) is 90.7 Å². The van der Waals surface area contributed by atoms with Gasteiger partial charge in [-0.05, 0) is 25.5 Å². The maximum absolute atomic E-state index is 12.3. The first-order chi connectivity index (χ1) is 9.51. The van der Waals surface area contributed by atoms with Gasteiger partial charge >= 0.3 is 5.97 Å². The Labute approximate surface area is 118 Å². The molecule has 6 heteroatoms. The van der Waals surface area contributed by atoms with E-state index in [1.807, 2.05) is 6.92 Å². The molecule has 110 valence electrons. The van der Waals surface area contributed by atoms with E-state index in [0.29, 0.717) is 12.2 Å². The number of aliphatic hydroxyl groups excluding tert-OH is 1. The molecular weight excluding hydrogens is 260 g/mol.